The SMILES string of the molecule is CSC1(CNC(=O)NC(CC(N)=O)C(=O)O)CCCCC1. The molecule has 1 fully saturated rings. The van der Waals surface area contributed by atoms with Crippen molar-refractivity contribution in [2.75, 3.05) is 12.8 Å². The van der Waals surface area contributed by atoms with Gasteiger partial charge in [-0.2, -0.15) is 11.8 Å². The molecule has 5 N–H and O–H groups in total. The number of nitrogens with two attached hydrogens (primary N) is 1. The number of hydrogen-bond acceptors (Lipinski definition) is 4. The summed E-state index contributed by atoms with van der Waals surface area (Å²) in [6.07, 6.45) is 7.19. The van der Waals surface area contributed by atoms with Gasteiger partial charge in [-0.1, -0.05) is 19.3 Å². The number of primary amides is 1. The van der Waals surface area contributed by atoms with Crippen LogP contribution in [0.5, 0.6) is 0 Å². The summed E-state index contributed by atoms with van der Waals surface area (Å²) in [7, 11) is 0. The molecule has 1 aliphatic carbocycles. The number of urea groups is 1. The zero-order valence-corrected chi connectivity index (χ0v) is 13.0. The summed E-state index contributed by atoms with van der Waals surface area (Å²) in [6, 6.07) is -1.87. The summed E-state index contributed by atoms with van der Waals surface area (Å²) in [5, 5.41) is 13.9. The van der Waals surface area contributed by atoms with Gasteiger partial charge in [0.2, 0.25) is 5.91 Å². The topological polar surface area (TPSA) is 122 Å². The first-order chi connectivity index (χ1) is 9.88. The van der Waals surface area contributed by atoms with Crippen molar-refractivity contribution in [3.63, 3.8) is 0 Å². The number of carbonyl (C=O) groups excluding carboxylic acids is 2. The van der Waals surface area contributed by atoms with Crippen LogP contribution >= 0.6 is 11.8 Å². The molecule has 120 valence electrons. The Bertz CT molecular complexity index is 397. The Balaban J connectivity index is 2.48. The van der Waals surface area contributed by atoms with E-state index in [-0.39, 0.29) is 4.75 Å². The molecule has 1 rings (SSSR count). The molecule has 0 radical (unpaired) electrons. The molecule has 7 nitrogen and oxygen atoms in total. The van der Waals surface area contributed by atoms with Crippen LogP contribution in [0, 0.1) is 0 Å². The van der Waals surface area contributed by atoms with E-state index in [1.807, 2.05) is 6.26 Å². The first-order valence-electron chi connectivity index (χ1n) is 6.99. The summed E-state index contributed by atoms with van der Waals surface area (Å²) < 4.78 is 0.0258. The molecular weight excluding hydrogens is 294 g/mol. The van der Waals surface area contributed by atoms with Crippen molar-refractivity contribution >= 4 is 29.7 Å². The van der Waals surface area contributed by atoms with Crippen LogP contribution in [0.25, 0.3) is 0 Å². The largest absolute Gasteiger partial charge is 0.480 e. The van der Waals surface area contributed by atoms with Gasteiger partial charge < -0.3 is 21.5 Å². The van der Waals surface area contributed by atoms with Gasteiger partial charge in [0.25, 0.3) is 0 Å². The van der Waals surface area contributed by atoms with Gasteiger partial charge in [-0.15, -0.1) is 0 Å². The van der Waals surface area contributed by atoms with Crippen molar-refractivity contribution in [2.24, 2.45) is 5.73 Å². The zero-order chi connectivity index (χ0) is 15.9. The van der Waals surface area contributed by atoms with Crippen molar-refractivity contribution in [2.45, 2.75) is 49.3 Å². The number of carboxylic acids is 1. The molecule has 1 atom stereocenters. The van der Waals surface area contributed by atoms with Gasteiger partial charge in [-0.05, 0) is 19.1 Å². The third-order valence-electron chi connectivity index (χ3n) is 3.78. The first kappa shape index (κ1) is 17.6. The molecule has 1 saturated carbocycles. The summed E-state index contributed by atoms with van der Waals surface area (Å²) >= 11 is 1.74. The van der Waals surface area contributed by atoms with E-state index < -0.39 is 30.4 Å². The number of nitrogens with one attached hydrogen (secondary N) is 2. The molecule has 21 heavy (non-hydrogen) atoms. The molecule has 1 unspecified atom stereocenters. The van der Waals surface area contributed by atoms with Gasteiger partial charge in [0.1, 0.15) is 6.04 Å². The Morgan fingerprint density at radius 3 is 2.38 bits per heavy atom. The summed E-state index contributed by atoms with van der Waals surface area (Å²) in [6.45, 7) is 0.489. The minimum absolute atomic E-state index is 0.0258. The van der Waals surface area contributed by atoms with Gasteiger partial charge >= 0.3 is 12.0 Å². The van der Waals surface area contributed by atoms with Crippen LogP contribution in [0.1, 0.15) is 38.5 Å². The number of carboxylic acid groups (broad SMARTS) is 1. The van der Waals surface area contributed by atoms with E-state index in [1.54, 1.807) is 11.8 Å². The molecule has 1 aliphatic rings. The highest BCUT2D eigenvalue weighted by Crippen LogP contribution is 2.37. The smallest absolute Gasteiger partial charge is 0.326 e. The maximum atomic E-state index is 11.8. The van der Waals surface area contributed by atoms with E-state index >= 15 is 0 Å². The van der Waals surface area contributed by atoms with E-state index in [0.717, 1.165) is 25.7 Å². The summed E-state index contributed by atoms with van der Waals surface area (Å²) in [5.41, 5.74) is 4.96. The highest BCUT2D eigenvalue weighted by Gasteiger charge is 2.32. The number of hydrogen-bond donors (Lipinski definition) is 4. The van der Waals surface area contributed by atoms with Crippen LogP contribution in [-0.2, 0) is 9.59 Å². The minimum Gasteiger partial charge on any atom is -0.480 e. The predicted octanol–water partition coefficient (Wildman–Crippen LogP) is 0.680. The molecule has 0 aromatic heterocycles. The second kappa shape index (κ2) is 8.11. The van der Waals surface area contributed by atoms with Gasteiger partial charge in [-0.25, -0.2) is 9.59 Å². The molecule has 0 aromatic rings. The Kier molecular flexibility index (Phi) is 6.80. The van der Waals surface area contributed by atoms with E-state index in [4.69, 9.17) is 10.8 Å². The molecule has 0 saturated heterocycles. The number of amides is 3. The van der Waals surface area contributed by atoms with Crippen LogP contribution in [0.2, 0.25) is 0 Å². The van der Waals surface area contributed by atoms with Gasteiger partial charge in [0.05, 0.1) is 6.42 Å². The lowest BCUT2D eigenvalue weighted by Gasteiger charge is -2.35. The quantitative estimate of drug-likeness (QED) is 0.550. The van der Waals surface area contributed by atoms with E-state index in [1.165, 1.54) is 6.42 Å². The Morgan fingerprint density at radius 1 is 1.29 bits per heavy atom. The number of rotatable bonds is 7. The second-order valence-corrected chi connectivity index (χ2v) is 6.61. The molecule has 0 aliphatic heterocycles. The number of carbonyl (C=O) groups is 3. The standard InChI is InChI=1S/C13H23N3O4S/c1-21-13(5-3-2-4-6-13)8-15-12(20)16-9(11(18)19)7-10(14)17/h9H,2-8H2,1H3,(H2,14,17)(H,18,19)(H2,15,16,20). The van der Waals surface area contributed by atoms with Crippen LogP contribution in [0.3, 0.4) is 0 Å². The van der Waals surface area contributed by atoms with Gasteiger partial charge in [-0.3, -0.25) is 4.79 Å². The lowest BCUT2D eigenvalue weighted by Crippen LogP contribution is -2.51. The van der Waals surface area contributed by atoms with Crippen molar-refractivity contribution < 1.29 is 19.5 Å². The highest BCUT2D eigenvalue weighted by molar-refractivity contribution is 8.00. The Hall–Kier alpha value is -1.44. The minimum atomic E-state index is -1.29. The van der Waals surface area contributed by atoms with Crippen molar-refractivity contribution in [3.8, 4) is 0 Å². The Morgan fingerprint density at radius 2 is 1.90 bits per heavy atom. The summed E-state index contributed by atoms with van der Waals surface area (Å²) in [4.78, 5) is 33.5. The lowest BCUT2D eigenvalue weighted by molar-refractivity contribution is -0.140. The normalized spacial score (nSPS) is 18.5. The molecule has 0 aromatic carbocycles. The average molecular weight is 317 g/mol. The van der Waals surface area contributed by atoms with Crippen LogP contribution < -0.4 is 16.4 Å². The summed E-state index contributed by atoms with van der Waals surface area (Å²) in [5.74, 6) is -2.04. The zero-order valence-electron chi connectivity index (χ0n) is 12.2. The lowest BCUT2D eigenvalue weighted by atomic mass is 9.88. The van der Waals surface area contributed by atoms with Crippen molar-refractivity contribution in [3.05, 3.63) is 0 Å². The molecule has 8 heteroatoms. The average Bonchev–Trinajstić information content (AvgIpc) is 2.45. The molecule has 3 amide bonds. The van der Waals surface area contributed by atoms with Gasteiger partial charge in [0.15, 0.2) is 0 Å². The van der Waals surface area contributed by atoms with Crippen LogP contribution in [-0.4, -0.2) is 46.6 Å². The Labute approximate surface area is 128 Å². The number of thioether (sulfide) groups is 1. The second-order valence-electron chi connectivity index (χ2n) is 5.34. The van der Waals surface area contributed by atoms with Crippen LogP contribution in [0.4, 0.5) is 4.79 Å². The van der Waals surface area contributed by atoms with E-state index in [2.05, 4.69) is 10.6 Å². The highest BCUT2D eigenvalue weighted by atomic mass is 32.2. The maximum absolute atomic E-state index is 11.8. The third kappa shape index (κ3) is 5.82. The monoisotopic (exact) mass is 317 g/mol. The van der Waals surface area contributed by atoms with Crippen LogP contribution in [0.15, 0.2) is 0 Å². The number of aliphatic carboxylic acids is 1. The van der Waals surface area contributed by atoms with Gasteiger partial charge in [0, 0.05) is 11.3 Å². The fourth-order valence-electron chi connectivity index (χ4n) is 2.50. The van der Waals surface area contributed by atoms with E-state index in [0.29, 0.717) is 6.54 Å². The predicted molar refractivity (Wildman–Crippen MR) is 81.1 cm³/mol. The fraction of sp³-hybridized carbons (Fsp3) is 0.769. The fourth-order valence-corrected chi connectivity index (χ4v) is 3.41. The molecule has 0 bridgehead atoms. The molecule has 0 spiro atoms. The van der Waals surface area contributed by atoms with Crippen molar-refractivity contribution in [1.82, 2.24) is 10.6 Å². The maximum Gasteiger partial charge on any atom is 0.326 e. The first-order valence-corrected chi connectivity index (χ1v) is 8.22. The third-order valence-corrected chi connectivity index (χ3v) is 5.20. The molecule has 0 heterocycles. The van der Waals surface area contributed by atoms with E-state index in [9.17, 15) is 14.4 Å². The van der Waals surface area contributed by atoms with Crippen molar-refractivity contribution in [1.29, 1.82) is 0 Å². The molecular formula is C13H23N3O4S.